The third kappa shape index (κ3) is 1.89. The molecule has 0 N–H and O–H groups in total. The first kappa shape index (κ1) is 16.5. The van der Waals surface area contributed by atoms with E-state index in [1.54, 1.807) is 24.3 Å². The van der Waals surface area contributed by atoms with E-state index in [-0.39, 0.29) is 11.8 Å². The highest BCUT2D eigenvalue weighted by Crippen LogP contribution is 2.58. The molecule has 0 heterocycles. The Labute approximate surface area is 160 Å². The van der Waals surface area contributed by atoms with E-state index in [0.29, 0.717) is 22.3 Å². The van der Waals surface area contributed by atoms with Crippen LogP contribution in [0.25, 0.3) is 0 Å². The van der Waals surface area contributed by atoms with E-state index >= 15 is 0 Å². The lowest BCUT2D eigenvalue weighted by Crippen LogP contribution is -2.32. The molecule has 0 radical (unpaired) electrons. The van der Waals surface area contributed by atoms with E-state index in [1.807, 2.05) is 24.3 Å². The van der Waals surface area contributed by atoms with E-state index in [2.05, 4.69) is 0 Å². The minimum absolute atomic E-state index is 0.369. The van der Waals surface area contributed by atoms with Gasteiger partial charge in [-0.3, -0.25) is 19.2 Å². The van der Waals surface area contributed by atoms with Gasteiger partial charge < -0.3 is 0 Å². The maximum atomic E-state index is 11.8. The van der Waals surface area contributed by atoms with E-state index in [9.17, 15) is 19.2 Å². The summed E-state index contributed by atoms with van der Waals surface area (Å²) in [7, 11) is 0. The number of benzene rings is 3. The van der Waals surface area contributed by atoms with Crippen molar-refractivity contribution in [3.63, 3.8) is 0 Å². The first-order valence-electron chi connectivity index (χ1n) is 8.98. The Morgan fingerprint density at radius 1 is 0.464 bits per heavy atom. The quantitative estimate of drug-likeness (QED) is 0.452. The van der Waals surface area contributed by atoms with E-state index in [0.717, 1.165) is 58.5 Å². The summed E-state index contributed by atoms with van der Waals surface area (Å²) in [6.45, 7) is 0. The van der Waals surface area contributed by atoms with Gasteiger partial charge in [-0.15, -0.1) is 0 Å². The average Bonchev–Trinajstić information content (AvgIpc) is 2.76. The minimum atomic E-state index is -0.369. The molecule has 3 aromatic carbocycles. The van der Waals surface area contributed by atoms with Gasteiger partial charge in [-0.2, -0.15) is 0 Å². The van der Waals surface area contributed by atoms with Crippen molar-refractivity contribution in [1.82, 2.24) is 0 Å². The van der Waals surface area contributed by atoms with Gasteiger partial charge in [0.1, 0.15) is 25.1 Å². The summed E-state index contributed by atoms with van der Waals surface area (Å²) < 4.78 is 0. The normalized spacial score (nSPS) is 17.9. The standard InChI is InChI=1S/C24H14O4/c25-9-13-5-7-15(11-27)21-19(13)23-17-3-1-2-4-18(17)24(21)22-16(12-28)8-6-14(10-26)20(22)23/h1-12,23-24H. The SMILES string of the molecule is O=Cc1ccc(C=O)c2c1C1c3ccccc3C2c2c(C=O)ccc(C=O)c21. The molecule has 0 amide bonds. The van der Waals surface area contributed by atoms with Crippen molar-refractivity contribution in [2.45, 2.75) is 11.8 Å². The molecule has 0 fully saturated rings. The molecule has 0 atom stereocenters. The molecule has 2 bridgehead atoms. The average molecular weight is 366 g/mol. The second-order valence-electron chi connectivity index (χ2n) is 7.11. The van der Waals surface area contributed by atoms with Gasteiger partial charge >= 0.3 is 0 Å². The monoisotopic (exact) mass is 366 g/mol. The Balaban J connectivity index is 2.01. The molecule has 0 aromatic heterocycles. The fourth-order valence-electron chi connectivity index (χ4n) is 4.99. The smallest absolute Gasteiger partial charge is 0.150 e. The van der Waals surface area contributed by atoms with Crippen molar-refractivity contribution in [2.75, 3.05) is 0 Å². The Kier molecular flexibility index (Phi) is 3.49. The van der Waals surface area contributed by atoms with Crippen LogP contribution in [0.3, 0.4) is 0 Å². The number of aldehydes is 4. The van der Waals surface area contributed by atoms with Gasteiger partial charge in [0.15, 0.2) is 0 Å². The van der Waals surface area contributed by atoms with E-state index < -0.39 is 0 Å². The summed E-state index contributed by atoms with van der Waals surface area (Å²) in [5, 5.41) is 0. The Morgan fingerprint density at radius 3 is 1.00 bits per heavy atom. The van der Waals surface area contributed by atoms with Gasteiger partial charge in [0.2, 0.25) is 0 Å². The number of carbonyl (C=O) groups excluding carboxylic acids is 4. The van der Waals surface area contributed by atoms with E-state index in [4.69, 9.17) is 0 Å². The third-order valence-electron chi connectivity index (χ3n) is 5.99. The summed E-state index contributed by atoms with van der Waals surface area (Å²) in [5.41, 5.74) is 7.09. The Morgan fingerprint density at radius 2 is 0.750 bits per heavy atom. The van der Waals surface area contributed by atoms with Crippen LogP contribution in [0, 0.1) is 0 Å². The molecule has 0 unspecified atom stereocenters. The van der Waals surface area contributed by atoms with Crippen LogP contribution in [0.5, 0.6) is 0 Å². The van der Waals surface area contributed by atoms with Crippen molar-refractivity contribution >= 4 is 25.1 Å². The first-order valence-corrected chi connectivity index (χ1v) is 8.98. The molecule has 134 valence electrons. The van der Waals surface area contributed by atoms with E-state index in [1.165, 1.54) is 0 Å². The van der Waals surface area contributed by atoms with Crippen LogP contribution in [-0.2, 0) is 0 Å². The molecule has 3 aromatic rings. The van der Waals surface area contributed by atoms with Crippen LogP contribution in [0.15, 0.2) is 48.5 Å². The molecule has 6 rings (SSSR count). The minimum Gasteiger partial charge on any atom is -0.298 e. The second-order valence-corrected chi connectivity index (χ2v) is 7.11. The van der Waals surface area contributed by atoms with Gasteiger partial charge in [-0.25, -0.2) is 0 Å². The van der Waals surface area contributed by atoms with Gasteiger partial charge in [0.25, 0.3) is 0 Å². The van der Waals surface area contributed by atoms with Gasteiger partial charge in [0, 0.05) is 34.1 Å². The van der Waals surface area contributed by atoms with Crippen LogP contribution in [0.1, 0.15) is 86.6 Å². The number of hydrogen-bond acceptors (Lipinski definition) is 4. The van der Waals surface area contributed by atoms with Crippen LogP contribution in [0.4, 0.5) is 0 Å². The molecule has 0 spiro atoms. The maximum absolute atomic E-state index is 11.8. The summed E-state index contributed by atoms with van der Waals surface area (Å²) in [5.74, 6) is -0.738. The molecular weight excluding hydrogens is 352 g/mol. The number of carbonyl (C=O) groups is 4. The molecular formula is C24H14O4. The van der Waals surface area contributed by atoms with Crippen molar-refractivity contribution in [3.8, 4) is 0 Å². The zero-order valence-corrected chi connectivity index (χ0v) is 14.7. The molecule has 3 aliphatic carbocycles. The van der Waals surface area contributed by atoms with Gasteiger partial charge in [0.05, 0.1) is 0 Å². The Bertz CT molecular complexity index is 1040. The Hall–Kier alpha value is -3.66. The fourth-order valence-corrected chi connectivity index (χ4v) is 4.99. The fraction of sp³-hybridized carbons (Fsp3) is 0.0833. The summed E-state index contributed by atoms with van der Waals surface area (Å²) in [6, 6.07) is 14.4. The van der Waals surface area contributed by atoms with Crippen molar-refractivity contribution in [3.05, 3.63) is 104 Å². The van der Waals surface area contributed by atoms with Crippen LogP contribution >= 0.6 is 0 Å². The lowest BCUT2D eigenvalue weighted by molar-refractivity contribution is 0.110. The predicted octanol–water partition coefficient (Wildman–Crippen LogP) is 3.92. The zero-order chi connectivity index (χ0) is 19.4. The van der Waals surface area contributed by atoms with Crippen molar-refractivity contribution < 1.29 is 19.2 Å². The maximum Gasteiger partial charge on any atom is 0.150 e. The van der Waals surface area contributed by atoms with Gasteiger partial charge in [-0.05, 0) is 33.4 Å². The number of rotatable bonds is 4. The lowest BCUT2D eigenvalue weighted by Gasteiger charge is -2.44. The second kappa shape index (κ2) is 5.92. The van der Waals surface area contributed by atoms with Crippen molar-refractivity contribution in [1.29, 1.82) is 0 Å². The highest BCUT2D eigenvalue weighted by molar-refractivity contribution is 5.94. The third-order valence-corrected chi connectivity index (χ3v) is 5.99. The highest BCUT2D eigenvalue weighted by Gasteiger charge is 2.45. The molecule has 0 aliphatic heterocycles. The largest absolute Gasteiger partial charge is 0.298 e. The predicted molar refractivity (Wildman–Crippen MR) is 103 cm³/mol. The van der Waals surface area contributed by atoms with Crippen molar-refractivity contribution in [2.24, 2.45) is 0 Å². The van der Waals surface area contributed by atoms with Crippen LogP contribution in [0.2, 0.25) is 0 Å². The molecule has 3 aliphatic rings. The lowest BCUT2D eigenvalue weighted by atomic mass is 9.58. The molecule has 28 heavy (non-hydrogen) atoms. The first-order chi connectivity index (χ1) is 13.7. The molecule has 4 heteroatoms. The van der Waals surface area contributed by atoms with Crippen LogP contribution in [-0.4, -0.2) is 25.1 Å². The summed E-state index contributed by atoms with van der Waals surface area (Å²) >= 11 is 0. The topological polar surface area (TPSA) is 68.3 Å². The zero-order valence-electron chi connectivity index (χ0n) is 14.7. The van der Waals surface area contributed by atoms with Crippen LogP contribution < -0.4 is 0 Å². The number of hydrogen-bond donors (Lipinski definition) is 0. The molecule has 4 nitrogen and oxygen atoms in total. The van der Waals surface area contributed by atoms with Gasteiger partial charge in [-0.1, -0.05) is 48.5 Å². The molecule has 0 saturated carbocycles. The molecule has 0 saturated heterocycles. The highest BCUT2D eigenvalue weighted by atomic mass is 16.1. The summed E-state index contributed by atoms with van der Waals surface area (Å²) in [6.07, 6.45) is 3.17. The summed E-state index contributed by atoms with van der Waals surface area (Å²) in [4.78, 5) is 47.4.